The highest BCUT2D eigenvalue weighted by Gasteiger charge is 2.50. The van der Waals surface area contributed by atoms with Crippen LogP contribution in [0.25, 0.3) is 6.08 Å². The van der Waals surface area contributed by atoms with Crippen molar-refractivity contribution in [3.8, 4) is 5.75 Å². The number of aliphatic hydroxyl groups is 1. The molecule has 2 aromatic carbocycles. The van der Waals surface area contributed by atoms with Gasteiger partial charge in [-0.05, 0) is 48.4 Å². The molecule has 1 heterocycles. The number of benzene rings is 2. The van der Waals surface area contributed by atoms with Gasteiger partial charge in [-0.15, -0.1) is 0 Å². The Morgan fingerprint density at radius 1 is 1.12 bits per heavy atom. The molecule has 0 spiro atoms. The van der Waals surface area contributed by atoms with Crippen molar-refractivity contribution in [2.75, 3.05) is 13.7 Å². The smallest absolute Gasteiger partial charge is 0.247 e. The third kappa shape index (κ3) is 4.47. The van der Waals surface area contributed by atoms with Crippen LogP contribution in [0, 0.1) is 5.92 Å². The quantitative estimate of drug-likeness (QED) is 0.613. The molecule has 1 aliphatic heterocycles. The van der Waals surface area contributed by atoms with Crippen molar-refractivity contribution in [3.05, 3.63) is 71.3 Å². The third-order valence-corrected chi connectivity index (χ3v) is 7.33. The number of rotatable bonds is 5. The van der Waals surface area contributed by atoms with Crippen molar-refractivity contribution < 1.29 is 14.6 Å². The summed E-state index contributed by atoms with van der Waals surface area (Å²) in [4.78, 5) is 15.4. The highest BCUT2D eigenvalue weighted by atomic mass is 16.5. The van der Waals surface area contributed by atoms with Crippen LogP contribution in [0.4, 0.5) is 0 Å². The summed E-state index contributed by atoms with van der Waals surface area (Å²) in [6.07, 6.45) is 8.07. The van der Waals surface area contributed by atoms with E-state index in [0.717, 1.165) is 42.6 Å². The lowest BCUT2D eigenvalue weighted by molar-refractivity contribution is -0.151. The van der Waals surface area contributed by atoms with Crippen molar-refractivity contribution in [3.63, 3.8) is 0 Å². The molecule has 32 heavy (non-hydrogen) atoms. The number of para-hydroxylation sites is 1. The molecular weight excluding hydrogens is 398 g/mol. The van der Waals surface area contributed by atoms with E-state index in [-0.39, 0.29) is 17.9 Å². The Hall–Kier alpha value is -2.59. The number of piperidine rings is 1. The number of carbonyl (C=O) groups is 1. The van der Waals surface area contributed by atoms with E-state index in [1.54, 1.807) is 13.2 Å². The van der Waals surface area contributed by atoms with Crippen LogP contribution in [0.1, 0.15) is 74.6 Å². The Morgan fingerprint density at radius 3 is 2.59 bits per heavy atom. The van der Waals surface area contributed by atoms with Gasteiger partial charge in [0.1, 0.15) is 5.75 Å². The van der Waals surface area contributed by atoms with Gasteiger partial charge in [0.15, 0.2) is 0 Å². The Balaban J connectivity index is 1.64. The SMILES string of the molecule is COc1ccccc1[C@H]1[C@@H]2CCCC[C@@]2(O)CCN1C(=O)C=Cc1ccc(C(C)C)cc1. The predicted octanol–water partition coefficient (Wildman–Crippen LogP) is 5.73. The number of likely N-dealkylation sites (tertiary alicyclic amines) is 1. The standard InChI is InChI=1S/C28H35NO3/c1-20(2)22-14-11-21(12-15-22)13-16-26(30)29-19-18-28(31)17-7-6-9-24(28)27(29)23-8-4-5-10-25(23)32-3/h4-5,8,10-16,20,24,27,31H,6-7,9,17-19H2,1-3H3/t24-,27-,28+/m0/s1. The van der Waals surface area contributed by atoms with Gasteiger partial charge >= 0.3 is 0 Å². The molecule has 1 amide bonds. The van der Waals surface area contributed by atoms with Crippen molar-refractivity contribution in [1.82, 2.24) is 4.90 Å². The van der Waals surface area contributed by atoms with Crippen LogP contribution in [-0.2, 0) is 4.79 Å². The summed E-state index contributed by atoms with van der Waals surface area (Å²) in [5.74, 6) is 1.27. The van der Waals surface area contributed by atoms with Crippen LogP contribution in [0.2, 0.25) is 0 Å². The minimum absolute atomic E-state index is 0.0125. The van der Waals surface area contributed by atoms with Crippen LogP contribution in [-0.4, -0.2) is 35.2 Å². The molecule has 2 fully saturated rings. The topological polar surface area (TPSA) is 49.8 Å². The molecule has 170 valence electrons. The summed E-state index contributed by atoms with van der Waals surface area (Å²) < 4.78 is 5.66. The van der Waals surface area contributed by atoms with Crippen LogP contribution in [0.15, 0.2) is 54.6 Å². The normalized spacial score (nSPS) is 25.7. The Morgan fingerprint density at radius 2 is 1.88 bits per heavy atom. The van der Waals surface area contributed by atoms with Gasteiger partial charge in [-0.3, -0.25) is 4.79 Å². The number of ether oxygens (including phenoxy) is 1. The van der Waals surface area contributed by atoms with E-state index in [9.17, 15) is 9.90 Å². The lowest BCUT2D eigenvalue weighted by Gasteiger charge is -2.52. The van der Waals surface area contributed by atoms with Gasteiger partial charge in [-0.1, -0.05) is 69.2 Å². The Bertz CT molecular complexity index is 965. The van der Waals surface area contributed by atoms with E-state index >= 15 is 0 Å². The molecular formula is C28H35NO3. The molecule has 1 N–H and O–H groups in total. The van der Waals surface area contributed by atoms with Gasteiger partial charge in [0, 0.05) is 24.1 Å². The lowest BCUT2D eigenvalue weighted by atomic mass is 9.66. The number of methoxy groups -OCH3 is 1. The fourth-order valence-corrected chi connectivity index (χ4v) is 5.48. The van der Waals surface area contributed by atoms with Crippen LogP contribution < -0.4 is 4.74 Å². The molecule has 2 aromatic rings. The zero-order valence-electron chi connectivity index (χ0n) is 19.5. The van der Waals surface area contributed by atoms with Crippen molar-refractivity contribution in [2.24, 2.45) is 5.92 Å². The van der Waals surface area contributed by atoms with E-state index < -0.39 is 5.60 Å². The Kier molecular flexibility index (Phi) is 6.71. The summed E-state index contributed by atoms with van der Waals surface area (Å²) in [6, 6.07) is 16.1. The fourth-order valence-electron chi connectivity index (χ4n) is 5.48. The summed E-state index contributed by atoms with van der Waals surface area (Å²) in [6.45, 7) is 4.90. The van der Waals surface area contributed by atoms with Crippen molar-refractivity contribution in [1.29, 1.82) is 0 Å². The van der Waals surface area contributed by atoms with Crippen LogP contribution >= 0.6 is 0 Å². The summed E-state index contributed by atoms with van der Waals surface area (Å²) in [7, 11) is 1.67. The number of fused-ring (bicyclic) bond motifs is 1. The fraction of sp³-hybridized carbons (Fsp3) is 0.464. The first kappa shape index (κ1) is 22.6. The van der Waals surface area contributed by atoms with E-state index in [2.05, 4.69) is 38.1 Å². The van der Waals surface area contributed by atoms with Crippen molar-refractivity contribution in [2.45, 2.75) is 63.5 Å². The number of carbonyl (C=O) groups excluding carboxylic acids is 1. The molecule has 0 aromatic heterocycles. The Labute approximate surface area is 191 Å². The van der Waals surface area contributed by atoms with Crippen LogP contribution in [0.3, 0.4) is 0 Å². The van der Waals surface area contributed by atoms with Gasteiger partial charge in [0.2, 0.25) is 5.91 Å². The molecule has 4 nitrogen and oxygen atoms in total. The molecule has 0 unspecified atom stereocenters. The maximum atomic E-state index is 13.4. The number of hydrogen-bond acceptors (Lipinski definition) is 3. The minimum Gasteiger partial charge on any atom is -0.496 e. The molecule has 4 rings (SSSR count). The highest BCUT2D eigenvalue weighted by molar-refractivity contribution is 5.92. The number of nitrogens with zero attached hydrogens (tertiary/aromatic N) is 1. The first-order valence-electron chi connectivity index (χ1n) is 11.9. The molecule has 3 atom stereocenters. The third-order valence-electron chi connectivity index (χ3n) is 7.33. The van der Waals surface area contributed by atoms with Gasteiger partial charge < -0.3 is 14.7 Å². The summed E-state index contributed by atoms with van der Waals surface area (Å²) in [5.41, 5.74) is 2.58. The van der Waals surface area contributed by atoms with E-state index in [1.807, 2.05) is 35.2 Å². The summed E-state index contributed by atoms with van der Waals surface area (Å²) in [5, 5.41) is 11.5. The molecule has 2 aliphatic rings. The predicted molar refractivity (Wildman–Crippen MR) is 129 cm³/mol. The van der Waals surface area contributed by atoms with Crippen molar-refractivity contribution >= 4 is 12.0 Å². The van der Waals surface area contributed by atoms with Gasteiger partial charge in [0.25, 0.3) is 0 Å². The zero-order chi connectivity index (χ0) is 22.7. The van der Waals surface area contributed by atoms with Gasteiger partial charge in [0.05, 0.1) is 18.8 Å². The molecule has 0 bridgehead atoms. The van der Waals surface area contributed by atoms with Crippen LogP contribution in [0.5, 0.6) is 5.75 Å². The minimum atomic E-state index is -0.711. The number of amides is 1. The molecule has 4 heteroatoms. The van der Waals surface area contributed by atoms with E-state index in [0.29, 0.717) is 18.9 Å². The second-order valence-corrected chi connectivity index (χ2v) is 9.58. The first-order chi connectivity index (χ1) is 15.4. The highest BCUT2D eigenvalue weighted by Crippen LogP contribution is 2.50. The zero-order valence-corrected chi connectivity index (χ0v) is 19.5. The largest absolute Gasteiger partial charge is 0.496 e. The summed E-state index contributed by atoms with van der Waals surface area (Å²) >= 11 is 0. The van der Waals surface area contributed by atoms with E-state index in [4.69, 9.17) is 4.74 Å². The average Bonchev–Trinajstić information content (AvgIpc) is 2.81. The molecule has 1 saturated heterocycles. The van der Waals surface area contributed by atoms with Gasteiger partial charge in [-0.2, -0.15) is 0 Å². The lowest BCUT2D eigenvalue weighted by Crippen LogP contribution is -2.56. The van der Waals surface area contributed by atoms with Gasteiger partial charge in [-0.25, -0.2) is 0 Å². The first-order valence-corrected chi connectivity index (χ1v) is 11.9. The maximum Gasteiger partial charge on any atom is 0.247 e. The molecule has 1 aliphatic carbocycles. The monoisotopic (exact) mass is 433 g/mol. The van der Waals surface area contributed by atoms with E-state index in [1.165, 1.54) is 5.56 Å². The average molecular weight is 434 g/mol. The molecule has 0 radical (unpaired) electrons. The molecule has 1 saturated carbocycles. The second kappa shape index (κ2) is 9.50. The number of hydrogen-bond donors (Lipinski definition) is 1. The second-order valence-electron chi connectivity index (χ2n) is 9.58. The maximum absolute atomic E-state index is 13.4.